The zero-order valence-corrected chi connectivity index (χ0v) is 11.2. The molecule has 2 rings (SSSR count). The minimum atomic E-state index is -0.510. The molecule has 1 aromatic carbocycles. The summed E-state index contributed by atoms with van der Waals surface area (Å²) < 4.78 is 5.15. The van der Waals surface area contributed by atoms with Crippen molar-refractivity contribution in [2.75, 3.05) is 26.1 Å². The number of nitrogens with zero attached hydrogens (tertiary/aromatic N) is 2. The lowest BCUT2D eigenvalue weighted by atomic mass is 10.1. The number of methoxy groups -OCH3 is 1. The molecular weight excluding hydrogens is 252 g/mol. The van der Waals surface area contributed by atoms with Gasteiger partial charge < -0.3 is 9.64 Å². The number of halogens is 1. The highest BCUT2D eigenvalue weighted by molar-refractivity contribution is 6.68. The topological polar surface area (TPSA) is 42.4 Å². The average Bonchev–Trinajstić information content (AvgIpc) is 2.36. The quantitative estimate of drug-likeness (QED) is 0.800. The molecule has 0 N–H and O–H groups in total. The number of carbonyl (C=O) groups excluding carboxylic acids is 1. The number of carbonyl (C=O) groups is 1. The fourth-order valence-electron chi connectivity index (χ4n) is 1.75. The third-order valence-corrected chi connectivity index (χ3v) is 2.84. The SMILES string of the molecule is COc1ccc2cc(C(=O)Cl)c(N(C)C)nc2c1. The first-order valence-corrected chi connectivity index (χ1v) is 5.76. The van der Waals surface area contributed by atoms with Crippen molar-refractivity contribution in [2.45, 2.75) is 0 Å². The zero-order valence-electron chi connectivity index (χ0n) is 10.4. The summed E-state index contributed by atoms with van der Waals surface area (Å²) in [4.78, 5) is 17.6. The summed E-state index contributed by atoms with van der Waals surface area (Å²) in [6.07, 6.45) is 0. The highest BCUT2D eigenvalue weighted by Gasteiger charge is 2.14. The largest absolute Gasteiger partial charge is 0.497 e. The van der Waals surface area contributed by atoms with Gasteiger partial charge in [0.25, 0.3) is 5.24 Å². The Kier molecular flexibility index (Phi) is 3.39. The summed E-state index contributed by atoms with van der Waals surface area (Å²) in [5, 5.41) is 0.342. The van der Waals surface area contributed by atoms with E-state index in [1.165, 1.54) is 0 Å². The summed E-state index contributed by atoms with van der Waals surface area (Å²) in [7, 11) is 5.24. The van der Waals surface area contributed by atoms with Gasteiger partial charge in [0.1, 0.15) is 11.6 Å². The third kappa shape index (κ3) is 2.24. The highest BCUT2D eigenvalue weighted by Crippen LogP contribution is 2.26. The monoisotopic (exact) mass is 264 g/mol. The highest BCUT2D eigenvalue weighted by atomic mass is 35.5. The van der Waals surface area contributed by atoms with Crippen molar-refractivity contribution in [2.24, 2.45) is 0 Å². The van der Waals surface area contributed by atoms with Gasteiger partial charge in [0.05, 0.1) is 18.2 Å². The zero-order chi connectivity index (χ0) is 13.3. The molecule has 94 valence electrons. The first kappa shape index (κ1) is 12.6. The van der Waals surface area contributed by atoms with Crippen molar-refractivity contribution >= 4 is 33.6 Å². The Morgan fingerprint density at radius 2 is 2.06 bits per heavy atom. The van der Waals surface area contributed by atoms with Crippen LogP contribution in [0.25, 0.3) is 10.9 Å². The van der Waals surface area contributed by atoms with Gasteiger partial charge in [-0.3, -0.25) is 4.79 Å². The van der Waals surface area contributed by atoms with E-state index in [-0.39, 0.29) is 0 Å². The van der Waals surface area contributed by atoms with Crippen LogP contribution in [0.2, 0.25) is 0 Å². The molecule has 0 saturated heterocycles. The molecule has 1 aromatic heterocycles. The molecule has 0 bridgehead atoms. The van der Waals surface area contributed by atoms with E-state index in [2.05, 4.69) is 4.98 Å². The van der Waals surface area contributed by atoms with E-state index in [1.807, 2.05) is 32.3 Å². The molecule has 1 heterocycles. The molecule has 0 radical (unpaired) electrons. The van der Waals surface area contributed by atoms with Crippen molar-refractivity contribution in [1.29, 1.82) is 0 Å². The molecule has 5 heteroatoms. The average molecular weight is 265 g/mol. The maximum absolute atomic E-state index is 11.4. The van der Waals surface area contributed by atoms with Crippen LogP contribution in [0.1, 0.15) is 10.4 Å². The van der Waals surface area contributed by atoms with Crippen LogP contribution in [-0.2, 0) is 0 Å². The summed E-state index contributed by atoms with van der Waals surface area (Å²) in [5.41, 5.74) is 1.17. The van der Waals surface area contributed by atoms with Crippen LogP contribution >= 0.6 is 11.6 Å². The van der Waals surface area contributed by atoms with E-state index < -0.39 is 5.24 Å². The normalized spacial score (nSPS) is 10.4. The van der Waals surface area contributed by atoms with E-state index in [4.69, 9.17) is 16.3 Å². The lowest BCUT2D eigenvalue weighted by molar-refractivity contribution is 0.108. The molecule has 18 heavy (non-hydrogen) atoms. The molecule has 0 saturated carbocycles. The predicted molar refractivity (Wildman–Crippen MR) is 72.8 cm³/mol. The fraction of sp³-hybridized carbons (Fsp3) is 0.231. The first-order valence-electron chi connectivity index (χ1n) is 5.39. The van der Waals surface area contributed by atoms with Crippen molar-refractivity contribution in [3.8, 4) is 5.75 Å². The molecule has 0 aliphatic heterocycles. The Morgan fingerprint density at radius 3 is 2.61 bits per heavy atom. The number of fused-ring (bicyclic) bond motifs is 1. The fourth-order valence-corrected chi connectivity index (χ4v) is 1.89. The van der Waals surface area contributed by atoms with E-state index in [0.717, 1.165) is 16.7 Å². The maximum atomic E-state index is 11.4. The number of aromatic nitrogens is 1. The van der Waals surface area contributed by atoms with Gasteiger partial charge in [-0.15, -0.1) is 0 Å². The summed E-state index contributed by atoms with van der Waals surface area (Å²) in [6.45, 7) is 0. The van der Waals surface area contributed by atoms with Gasteiger partial charge in [-0.25, -0.2) is 4.98 Å². The minimum absolute atomic E-state index is 0.402. The van der Waals surface area contributed by atoms with E-state index in [0.29, 0.717) is 11.4 Å². The van der Waals surface area contributed by atoms with Crippen LogP contribution in [0, 0.1) is 0 Å². The Hall–Kier alpha value is -1.81. The van der Waals surface area contributed by atoms with E-state index >= 15 is 0 Å². The molecule has 0 aliphatic carbocycles. The molecule has 4 nitrogen and oxygen atoms in total. The van der Waals surface area contributed by atoms with E-state index in [1.54, 1.807) is 18.1 Å². The Morgan fingerprint density at radius 1 is 1.33 bits per heavy atom. The second-order valence-electron chi connectivity index (χ2n) is 4.09. The minimum Gasteiger partial charge on any atom is -0.497 e. The second-order valence-corrected chi connectivity index (χ2v) is 4.43. The number of benzene rings is 1. The maximum Gasteiger partial charge on any atom is 0.256 e. The van der Waals surface area contributed by atoms with Crippen LogP contribution in [-0.4, -0.2) is 31.4 Å². The van der Waals surface area contributed by atoms with Gasteiger partial charge in [0, 0.05) is 25.5 Å². The van der Waals surface area contributed by atoms with Gasteiger partial charge >= 0.3 is 0 Å². The van der Waals surface area contributed by atoms with Crippen molar-refractivity contribution in [1.82, 2.24) is 4.98 Å². The third-order valence-electron chi connectivity index (χ3n) is 2.64. The molecule has 0 atom stereocenters. The Bertz CT molecular complexity index is 611. The van der Waals surface area contributed by atoms with Gasteiger partial charge in [0.2, 0.25) is 0 Å². The van der Waals surface area contributed by atoms with Gasteiger partial charge in [0.15, 0.2) is 0 Å². The number of ether oxygens (including phenoxy) is 1. The standard InChI is InChI=1S/C13H13ClN2O2/c1-16(2)13-10(12(14)17)6-8-4-5-9(18-3)7-11(8)15-13/h4-7H,1-3H3. The van der Waals surface area contributed by atoms with Crippen molar-refractivity contribution in [3.63, 3.8) is 0 Å². The van der Waals surface area contributed by atoms with Gasteiger partial charge in [-0.2, -0.15) is 0 Å². The summed E-state index contributed by atoms with van der Waals surface area (Å²) in [6, 6.07) is 7.24. The van der Waals surface area contributed by atoms with E-state index in [9.17, 15) is 4.79 Å². The van der Waals surface area contributed by atoms with Gasteiger partial charge in [-0.05, 0) is 29.8 Å². The number of pyridine rings is 1. The summed E-state index contributed by atoms with van der Waals surface area (Å²) in [5.74, 6) is 1.28. The molecular formula is C13H13ClN2O2. The predicted octanol–water partition coefficient (Wildman–Crippen LogP) is 2.69. The molecule has 0 amide bonds. The Labute approximate surface area is 110 Å². The van der Waals surface area contributed by atoms with Crippen molar-refractivity contribution < 1.29 is 9.53 Å². The van der Waals surface area contributed by atoms with Crippen LogP contribution in [0.4, 0.5) is 5.82 Å². The number of anilines is 1. The van der Waals surface area contributed by atoms with Crippen LogP contribution in [0.5, 0.6) is 5.75 Å². The second kappa shape index (κ2) is 4.82. The molecule has 0 spiro atoms. The smallest absolute Gasteiger partial charge is 0.256 e. The van der Waals surface area contributed by atoms with Gasteiger partial charge in [-0.1, -0.05) is 0 Å². The van der Waals surface area contributed by atoms with Crippen LogP contribution in [0.15, 0.2) is 24.3 Å². The number of hydrogen-bond donors (Lipinski definition) is 0. The summed E-state index contributed by atoms with van der Waals surface area (Å²) >= 11 is 5.58. The number of rotatable bonds is 3. The lowest BCUT2D eigenvalue weighted by Gasteiger charge is -2.15. The Balaban J connectivity index is 2.72. The molecule has 0 fully saturated rings. The van der Waals surface area contributed by atoms with Crippen molar-refractivity contribution in [3.05, 3.63) is 29.8 Å². The molecule has 0 aliphatic rings. The van der Waals surface area contributed by atoms with Crippen LogP contribution in [0.3, 0.4) is 0 Å². The molecule has 2 aromatic rings. The van der Waals surface area contributed by atoms with Crippen LogP contribution < -0.4 is 9.64 Å². The lowest BCUT2D eigenvalue weighted by Crippen LogP contribution is -2.14. The molecule has 0 unspecified atom stereocenters. The first-order chi connectivity index (χ1) is 8.52. The number of hydrogen-bond acceptors (Lipinski definition) is 4.